The second-order valence-corrected chi connectivity index (χ2v) is 4.25. The molecule has 0 radical (unpaired) electrons. The van der Waals surface area contributed by atoms with Crippen LogP contribution in [0.3, 0.4) is 0 Å². The molecule has 1 aromatic rings. The second-order valence-electron chi connectivity index (χ2n) is 4.25. The van der Waals surface area contributed by atoms with Crippen molar-refractivity contribution in [3.8, 4) is 0 Å². The Kier molecular flexibility index (Phi) is 6.05. The van der Waals surface area contributed by atoms with E-state index in [1.165, 1.54) is 4.57 Å². The molecule has 0 aliphatic rings. The van der Waals surface area contributed by atoms with Crippen LogP contribution in [-0.4, -0.2) is 27.5 Å². The van der Waals surface area contributed by atoms with Crippen molar-refractivity contribution in [2.24, 2.45) is 0 Å². The number of nitrogens with zero attached hydrogens (tertiary/aromatic N) is 2. The van der Waals surface area contributed by atoms with Crippen molar-refractivity contribution in [1.82, 2.24) is 9.13 Å². The molecule has 0 aliphatic carbocycles. The Labute approximate surface area is 112 Å². The number of aryl methyl sites for hydroxylation is 1. The minimum absolute atomic E-state index is 0.00888. The van der Waals surface area contributed by atoms with Crippen molar-refractivity contribution in [2.45, 2.75) is 46.2 Å². The van der Waals surface area contributed by atoms with Gasteiger partial charge in [-0.25, -0.2) is 4.79 Å². The first-order chi connectivity index (χ1) is 9.08. The van der Waals surface area contributed by atoms with E-state index < -0.39 is 0 Å². The number of hydrogen-bond donors (Lipinski definition) is 0. The number of ether oxygens (including phenoxy) is 1. The summed E-state index contributed by atoms with van der Waals surface area (Å²) in [5.74, 6) is -0.531. The number of aromatic nitrogens is 2. The molecule has 0 aliphatic heterocycles. The number of carbonyl (C=O) groups excluding carboxylic acids is 2. The number of Topliss-reactive ketones (excluding diaryl/α,β-unsaturated/α-hetero) is 1. The Morgan fingerprint density at radius 3 is 2.47 bits per heavy atom. The molecule has 0 amide bonds. The zero-order chi connectivity index (χ0) is 14.3. The van der Waals surface area contributed by atoms with E-state index in [0.29, 0.717) is 13.2 Å². The fourth-order valence-corrected chi connectivity index (χ4v) is 1.73. The summed E-state index contributed by atoms with van der Waals surface area (Å²) in [5.41, 5.74) is -0.189. The SMILES string of the molecule is CCCn1ccn(CC(=O)CCC(=O)OCC)c1=O. The summed E-state index contributed by atoms with van der Waals surface area (Å²) in [4.78, 5) is 34.6. The van der Waals surface area contributed by atoms with Gasteiger partial charge in [-0.2, -0.15) is 0 Å². The second kappa shape index (κ2) is 7.56. The lowest BCUT2D eigenvalue weighted by atomic mass is 10.2. The Morgan fingerprint density at radius 2 is 1.84 bits per heavy atom. The van der Waals surface area contributed by atoms with Crippen LogP contribution in [0.1, 0.15) is 33.1 Å². The van der Waals surface area contributed by atoms with E-state index in [1.54, 1.807) is 23.9 Å². The summed E-state index contributed by atoms with van der Waals surface area (Å²) in [6.45, 7) is 4.66. The molecule has 6 nitrogen and oxygen atoms in total. The molecule has 6 heteroatoms. The maximum absolute atomic E-state index is 11.8. The summed E-state index contributed by atoms with van der Waals surface area (Å²) in [6.07, 6.45) is 4.30. The van der Waals surface area contributed by atoms with Crippen molar-refractivity contribution in [3.63, 3.8) is 0 Å². The van der Waals surface area contributed by atoms with E-state index in [2.05, 4.69) is 0 Å². The lowest BCUT2D eigenvalue weighted by molar-refractivity contribution is -0.144. The van der Waals surface area contributed by atoms with Crippen LogP contribution in [0.25, 0.3) is 0 Å². The summed E-state index contributed by atoms with van der Waals surface area (Å²) in [5, 5.41) is 0. The Hall–Kier alpha value is -1.85. The van der Waals surface area contributed by atoms with Crippen LogP contribution in [-0.2, 0) is 27.4 Å². The fraction of sp³-hybridized carbons (Fsp3) is 0.615. The van der Waals surface area contributed by atoms with Crippen molar-refractivity contribution >= 4 is 11.8 Å². The first-order valence-electron chi connectivity index (χ1n) is 6.51. The third-order valence-electron chi connectivity index (χ3n) is 2.64. The molecule has 0 atom stereocenters. The smallest absolute Gasteiger partial charge is 0.328 e. The predicted molar refractivity (Wildman–Crippen MR) is 69.9 cm³/mol. The molecule has 0 N–H and O–H groups in total. The van der Waals surface area contributed by atoms with Gasteiger partial charge in [0.15, 0.2) is 5.78 Å². The molecule has 0 spiro atoms. The molecule has 0 unspecified atom stereocenters. The number of esters is 1. The van der Waals surface area contributed by atoms with E-state index in [4.69, 9.17) is 4.74 Å². The lowest BCUT2D eigenvalue weighted by Crippen LogP contribution is -2.26. The van der Waals surface area contributed by atoms with E-state index in [1.807, 2.05) is 6.92 Å². The van der Waals surface area contributed by atoms with Gasteiger partial charge < -0.3 is 4.74 Å². The number of carbonyl (C=O) groups is 2. The van der Waals surface area contributed by atoms with Gasteiger partial charge in [0.05, 0.1) is 19.6 Å². The van der Waals surface area contributed by atoms with Gasteiger partial charge in [-0.3, -0.25) is 18.7 Å². The maximum Gasteiger partial charge on any atom is 0.328 e. The average molecular weight is 268 g/mol. The van der Waals surface area contributed by atoms with Gasteiger partial charge in [0.1, 0.15) is 0 Å². The van der Waals surface area contributed by atoms with Gasteiger partial charge in [-0.05, 0) is 13.3 Å². The van der Waals surface area contributed by atoms with E-state index in [0.717, 1.165) is 6.42 Å². The molecule has 1 heterocycles. The first-order valence-corrected chi connectivity index (χ1v) is 6.51. The van der Waals surface area contributed by atoms with Crippen molar-refractivity contribution in [3.05, 3.63) is 22.9 Å². The minimum Gasteiger partial charge on any atom is -0.466 e. The van der Waals surface area contributed by atoms with Crippen LogP contribution >= 0.6 is 0 Å². The molecule has 0 fully saturated rings. The van der Waals surface area contributed by atoms with Crippen LogP contribution in [0.5, 0.6) is 0 Å². The standard InChI is InChI=1S/C13H20N2O4/c1-3-7-14-8-9-15(13(14)18)10-11(16)5-6-12(17)19-4-2/h8-9H,3-7,10H2,1-2H3. The van der Waals surface area contributed by atoms with Crippen LogP contribution in [0.2, 0.25) is 0 Å². The van der Waals surface area contributed by atoms with Crippen LogP contribution in [0.4, 0.5) is 0 Å². The summed E-state index contributed by atoms with van der Waals surface area (Å²) in [7, 11) is 0. The first kappa shape index (κ1) is 15.2. The van der Waals surface area contributed by atoms with Gasteiger partial charge in [-0.1, -0.05) is 6.92 Å². The molecule has 0 saturated heterocycles. The topological polar surface area (TPSA) is 70.3 Å². The Bertz CT molecular complexity index is 487. The minimum atomic E-state index is -0.383. The van der Waals surface area contributed by atoms with Gasteiger partial charge in [0.2, 0.25) is 0 Å². The molecule has 0 bridgehead atoms. The summed E-state index contributed by atoms with van der Waals surface area (Å²) in [6, 6.07) is 0. The third-order valence-corrected chi connectivity index (χ3v) is 2.64. The van der Waals surface area contributed by atoms with Crippen molar-refractivity contribution in [2.75, 3.05) is 6.61 Å². The fourth-order valence-electron chi connectivity index (χ4n) is 1.73. The molecular formula is C13H20N2O4. The van der Waals surface area contributed by atoms with Gasteiger partial charge in [0, 0.05) is 25.4 Å². The van der Waals surface area contributed by atoms with E-state index in [-0.39, 0.29) is 36.8 Å². The molecule has 0 saturated carbocycles. The highest BCUT2D eigenvalue weighted by molar-refractivity contribution is 5.82. The normalized spacial score (nSPS) is 10.4. The number of imidazole rings is 1. The molecular weight excluding hydrogens is 248 g/mol. The van der Waals surface area contributed by atoms with Gasteiger partial charge in [0.25, 0.3) is 0 Å². The van der Waals surface area contributed by atoms with Gasteiger partial charge >= 0.3 is 11.7 Å². The van der Waals surface area contributed by atoms with Crippen molar-refractivity contribution < 1.29 is 14.3 Å². The Morgan fingerprint density at radius 1 is 1.16 bits per heavy atom. The van der Waals surface area contributed by atoms with Crippen LogP contribution in [0, 0.1) is 0 Å². The highest BCUT2D eigenvalue weighted by atomic mass is 16.5. The van der Waals surface area contributed by atoms with Crippen LogP contribution in [0.15, 0.2) is 17.2 Å². The molecule has 0 aromatic carbocycles. The number of hydrogen-bond acceptors (Lipinski definition) is 4. The molecule has 106 valence electrons. The van der Waals surface area contributed by atoms with Crippen molar-refractivity contribution in [1.29, 1.82) is 0 Å². The van der Waals surface area contributed by atoms with Gasteiger partial charge in [-0.15, -0.1) is 0 Å². The zero-order valence-electron chi connectivity index (χ0n) is 11.4. The average Bonchev–Trinajstić information content (AvgIpc) is 2.70. The molecule has 1 aromatic heterocycles. The van der Waals surface area contributed by atoms with E-state index in [9.17, 15) is 14.4 Å². The lowest BCUT2D eigenvalue weighted by Gasteiger charge is -2.02. The molecule has 19 heavy (non-hydrogen) atoms. The third kappa shape index (κ3) is 4.73. The quantitative estimate of drug-likeness (QED) is 0.659. The maximum atomic E-state index is 11.8. The number of ketones is 1. The summed E-state index contributed by atoms with van der Waals surface area (Å²) >= 11 is 0. The Balaban J connectivity index is 2.49. The number of rotatable bonds is 8. The molecule has 1 rings (SSSR count). The monoisotopic (exact) mass is 268 g/mol. The predicted octanol–water partition coefficient (Wildman–Crippen LogP) is 0.972. The van der Waals surface area contributed by atoms with Crippen LogP contribution < -0.4 is 5.69 Å². The highest BCUT2D eigenvalue weighted by Gasteiger charge is 2.10. The summed E-state index contributed by atoms with van der Waals surface area (Å²) < 4.78 is 7.67. The highest BCUT2D eigenvalue weighted by Crippen LogP contribution is 1.97. The zero-order valence-corrected chi connectivity index (χ0v) is 11.4. The largest absolute Gasteiger partial charge is 0.466 e. The van der Waals surface area contributed by atoms with E-state index >= 15 is 0 Å².